The topological polar surface area (TPSA) is 122 Å². The second-order valence-electron chi connectivity index (χ2n) is 4.11. The lowest BCUT2D eigenvalue weighted by atomic mass is 10.2. The molecule has 3 amide bonds. The number of aryl methyl sites for hydroxylation is 1. The normalized spacial score (nSPS) is 11.7. The van der Waals surface area contributed by atoms with Gasteiger partial charge < -0.3 is 21.5 Å². The van der Waals surface area contributed by atoms with Gasteiger partial charge in [0.25, 0.3) is 0 Å². The quantitative estimate of drug-likeness (QED) is 0.583. The van der Waals surface area contributed by atoms with Crippen molar-refractivity contribution in [3.05, 3.63) is 21.9 Å². The minimum atomic E-state index is -1.32. The third-order valence-corrected chi connectivity index (χ3v) is 3.60. The number of carbonyl (C=O) groups excluding carboxylic acids is 2. The molecule has 110 valence electrons. The van der Waals surface area contributed by atoms with Crippen LogP contribution in [-0.2, 0) is 22.6 Å². The Kier molecular flexibility index (Phi) is 5.98. The van der Waals surface area contributed by atoms with Gasteiger partial charge in [0, 0.05) is 4.88 Å². The fourth-order valence-electron chi connectivity index (χ4n) is 1.61. The number of nitrogens with two attached hydrogens (primary N) is 1. The van der Waals surface area contributed by atoms with Crippen molar-refractivity contribution in [3.63, 3.8) is 0 Å². The summed E-state index contributed by atoms with van der Waals surface area (Å²) >= 11 is 1.52. The monoisotopic (exact) mass is 299 g/mol. The van der Waals surface area contributed by atoms with E-state index in [9.17, 15) is 14.4 Å². The minimum Gasteiger partial charge on any atom is -0.480 e. The van der Waals surface area contributed by atoms with Crippen LogP contribution >= 0.6 is 11.3 Å². The highest BCUT2D eigenvalue weighted by molar-refractivity contribution is 7.10. The standard InChI is InChI=1S/C12H17N3O4S/c1-2-7-3-4-20-9(7)6-14-12(19)15-8(11(17)18)5-10(13)16/h3-4,8H,2,5-6H2,1H3,(H2,13,16)(H,17,18)(H2,14,15,19). The Hall–Kier alpha value is -2.09. The van der Waals surface area contributed by atoms with Gasteiger partial charge in [0.05, 0.1) is 13.0 Å². The van der Waals surface area contributed by atoms with Crippen molar-refractivity contribution in [1.29, 1.82) is 0 Å². The zero-order valence-electron chi connectivity index (χ0n) is 11.0. The molecule has 1 rings (SSSR count). The molecule has 0 aromatic carbocycles. The highest BCUT2D eigenvalue weighted by atomic mass is 32.1. The minimum absolute atomic E-state index is 0.315. The molecule has 0 aliphatic heterocycles. The summed E-state index contributed by atoms with van der Waals surface area (Å²) in [6.07, 6.45) is 0.420. The van der Waals surface area contributed by atoms with E-state index >= 15 is 0 Å². The van der Waals surface area contributed by atoms with Crippen molar-refractivity contribution in [2.75, 3.05) is 0 Å². The van der Waals surface area contributed by atoms with Gasteiger partial charge in [-0.25, -0.2) is 9.59 Å². The molecule has 0 saturated heterocycles. The number of hydrogen-bond acceptors (Lipinski definition) is 4. The Labute approximate surface area is 120 Å². The number of hydrogen-bond donors (Lipinski definition) is 4. The van der Waals surface area contributed by atoms with Crippen molar-refractivity contribution < 1.29 is 19.5 Å². The molecule has 0 bridgehead atoms. The number of nitrogens with one attached hydrogen (secondary N) is 2. The maximum Gasteiger partial charge on any atom is 0.326 e. The van der Waals surface area contributed by atoms with Crippen LogP contribution in [0.15, 0.2) is 11.4 Å². The number of carboxylic acids is 1. The first-order valence-electron chi connectivity index (χ1n) is 6.04. The summed E-state index contributed by atoms with van der Waals surface area (Å²) in [5.74, 6) is -2.09. The Morgan fingerprint density at radius 3 is 2.70 bits per heavy atom. The van der Waals surface area contributed by atoms with Gasteiger partial charge in [-0.3, -0.25) is 4.79 Å². The first-order chi connectivity index (χ1) is 9.43. The van der Waals surface area contributed by atoms with Crippen molar-refractivity contribution in [1.82, 2.24) is 10.6 Å². The zero-order chi connectivity index (χ0) is 15.1. The molecule has 1 atom stereocenters. The number of carbonyl (C=O) groups is 3. The van der Waals surface area contributed by atoms with Gasteiger partial charge in [-0.1, -0.05) is 6.92 Å². The van der Waals surface area contributed by atoms with Crippen molar-refractivity contribution in [2.24, 2.45) is 5.73 Å². The Bertz CT molecular complexity index is 501. The summed E-state index contributed by atoms with van der Waals surface area (Å²) in [5.41, 5.74) is 6.06. The molecule has 1 aromatic heterocycles. The highest BCUT2D eigenvalue weighted by Gasteiger charge is 2.22. The number of aliphatic carboxylic acids is 1. The lowest BCUT2D eigenvalue weighted by molar-refractivity contribution is -0.140. The molecule has 5 N–H and O–H groups in total. The SMILES string of the molecule is CCc1ccsc1CNC(=O)NC(CC(N)=O)C(=O)O. The largest absolute Gasteiger partial charge is 0.480 e. The molecular weight excluding hydrogens is 282 g/mol. The number of primary amides is 1. The van der Waals surface area contributed by atoms with Crippen LogP contribution < -0.4 is 16.4 Å². The van der Waals surface area contributed by atoms with Crippen LogP contribution in [0.25, 0.3) is 0 Å². The van der Waals surface area contributed by atoms with Gasteiger partial charge in [-0.15, -0.1) is 11.3 Å². The second-order valence-corrected chi connectivity index (χ2v) is 5.11. The van der Waals surface area contributed by atoms with Crippen molar-refractivity contribution in [3.8, 4) is 0 Å². The number of amides is 3. The average Bonchev–Trinajstić information content (AvgIpc) is 2.82. The maximum absolute atomic E-state index is 11.6. The molecule has 1 aromatic rings. The van der Waals surface area contributed by atoms with E-state index in [-0.39, 0.29) is 0 Å². The third kappa shape index (κ3) is 4.88. The molecule has 1 heterocycles. The predicted molar refractivity (Wildman–Crippen MR) is 74.3 cm³/mol. The van der Waals surface area contributed by atoms with Crippen LogP contribution in [0.4, 0.5) is 4.79 Å². The number of carboxylic acid groups (broad SMARTS) is 1. The molecular formula is C12H17N3O4S. The first-order valence-corrected chi connectivity index (χ1v) is 6.92. The molecule has 0 aliphatic carbocycles. The molecule has 0 fully saturated rings. The van der Waals surface area contributed by atoms with Crippen LogP contribution in [-0.4, -0.2) is 29.1 Å². The van der Waals surface area contributed by atoms with E-state index in [0.717, 1.165) is 16.9 Å². The second kappa shape index (κ2) is 7.49. The smallest absolute Gasteiger partial charge is 0.326 e. The van der Waals surface area contributed by atoms with E-state index in [4.69, 9.17) is 10.8 Å². The number of thiophene rings is 1. The Balaban J connectivity index is 2.50. The molecule has 7 nitrogen and oxygen atoms in total. The van der Waals surface area contributed by atoms with Crippen molar-refractivity contribution >= 4 is 29.2 Å². The summed E-state index contributed by atoms with van der Waals surface area (Å²) < 4.78 is 0. The molecule has 8 heteroatoms. The first kappa shape index (κ1) is 16.0. The molecule has 20 heavy (non-hydrogen) atoms. The average molecular weight is 299 g/mol. The van der Waals surface area contributed by atoms with Gasteiger partial charge in [-0.05, 0) is 23.4 Å². The maximum atomic E-state index is 11.6. The Morgan fingerprint density at radius 1 is 1.45 bits per heavy atom. The fraction of sp³-hybridized carbons (Fsp3) is 0.417. The highest BCUT2D eigenvalue weighted by Crippen LogP contribution is 2.16. The van der Waals surface area contributed by atoms with E-state index in [0.29, 0.717) is 6.54 Å². The number of urea groups is 1. The summed E-state index contributed by atoms with van der Waals surface area (Å²) in [6, 6.07) is 0.0165. The van der Waals surface area contributed by atoms with E-state index in [1.807, 2.05) is 18.4 Å². The van der Waals surface area contributed by atoms with Crippen molar-refractivity contribution in [2.45, 2.75) is 32.4 Å². The predicted octanol–water partition coefficient (Wildman–Crippen LogP) is 0.438. The van der Waals surface area contributed by atoms with Crippen LogP contribution in [0.5, 0.6) is 0 Å². The van der Waals surface area contributed by atoms with Crippen LogP contribution in [0.2, 0.25) is 0 Å². The van der Waals surface area contributed by atoms with E-state index in [1.165, 1.54) is 11.3 Å². The van der Waals surface area contributed by atoms with E-state index in [1.54, 1.807) is 0 Å². The van der Waals surface area contributed by atoms with E-state index in [2.05, 4.69) is 10.6 Å². The molecule has 0 saturated carbocycles. The third-order valence-electron chi connectivity index (χ3n) is 2.64. The summed E-state index contributed by atoms with van der Waals surface area (Å²) in [4.78, 5) is 34.2. The number of rotatable bonds is 7. The zero-order valence-corrected chi connectivity index (χ0v) is 11.8. The van der Waals surface area contributed by atoms with Gasteiger partial charge in [-0.2, -0.15) is 0 Å². The Morgan fingerprint density at radius 2 is 2.15 bits per heavy atom. The molecule has 1 unspecified atom stereocenters. The molecule has 0 spiro atoms. The van der Waals surface area contributed by atoms with Crippen LogP contribution in [0.3, 0.4) is 0 Å². The summed E-state index contributed by atoms with van der Waals surface area (Å²) in [7, 11) is 0. The van der Waals surface area contributed by atoms with Gasteiger partial charge >= 0.3 is 12.0 Å². The van der Waals surface area contributed by atoms with Gasteiger partial charge in [0.15, 0.2) is 0 Å². The summed E-state index contributed by atoms with van der Waals surface area (Å²) in [6.45, 7) is 2.33. The lowest BCUT2D eigenvalue weighted by Gasteiger charge is -2.13. The molecule has 0 aliphatic rings. The van der Waals surface area contributed by atoms with E-state index < -0.39 is 30.4 Å². The van der Waals surface area contributed by atoms with Crippen LogP contribution in [0, 0.1) is 0 Å². The van der Waals surface area contributed by atoms with Gasteiger partial charge in [0.1, 0.15) is 6.04 Å². The lowest BCUT2D eigenvalue weighted by Crippen LogP contribution is -2.47. The van der Waals surface area contributed by atoms with Gasteiger partial charge in [0.2, 0.25) is 5.91 Å². The molecule has 0 radical (unpaired) electrons. The van der Waals surface area contributed by atoms with Crippen LogP contribution in [0.1, 0.15) is 23.8 Å². The fourth-order valence-corrected chi connectivity index (χ4v) is 2.52. The summed E-state index contributed by atoms with van der Waals surface area (Å²) in [5, 5.41) is 15.6.